The summed E-state index contributed by atoms with van der Waals surface area (Å²) in [5.74, 6) is 1.10. The van der Waals surface area contributed by atoms with Gasteiger partial charge in [-0.15, -0.1) is 10.2 Å². The minimum absolute atomic E-state index is 0.0113. The Hall–Kier alpha value is -2.85. The summed E-state index contributed by atoms with van der Waals surface area (Å²) in [6.07, 6.45) is 7.31. The molecule has 1 fully saturated rings. The van der Waals surface area contributed by atoms with Gasteiger partial charge in [0.1, 0.15) is 0 Å². The lowest BCUT2D eigenvalue weighted by Crippen LogP contribution is -2.20. The highest BCUT2D eigenvalue weighted by Gasteiger charge is 2.24. The number of nitrogens with one attached hydrogen (secondary N) is 1. The molecule has 0 atom stereocenters. The Bertz CT molecular complexity index is 1210. The molecular formula is C25H28BrN5O3S. The van der Waals surface area contributed by atoms with Gasteiger partial charge in [-0.1, -0.05) is 60.9 Å². The molecule has 1 aromatic heterocycles. The average Bonchev–Trinajstić information content (AvgIpc) is 3.29. The monoisotopic (exact) mass is 557 g/mol. The molecule has 2 aromatic carbocycles. The lowest BCUT2D eigenvalue weighted by molar-refractivity contribution is -0.118. The Kier molecular flexibility index (Phi) is 8.46. The molecule has 184 valence electrons. The fourth-order valence-corrected chi connectivity index (χ4v) is 5.37. The van der Waals surface area contributed by atoms with Crippen LogP contribution < -0.4 is 10.2 Å². The van der Waals surface area contributed by atoms with Crippen molar-refractivity contribution in [1.29, 1.82) is 0 Å². The van der Waals surface area contributed by atoms with Crippen molar-refractivity contribution in [3.8, 4) is 22.9 Å². The van der Waals surface area contributed by atoms with E-state index in [1.54, 1.807) is 12.1 Å². The van der Waals surface area contributed by atoms with Crippen LogP contribution in [0.4, 0.5) is 0 Å². The third-order valence-electron chi connectivity index (χ3n) is 5.92. The standard InChI is InChI=1S/C25H28BrN5O3S/c1-16-8-10-18(11-9-16)24-29-30-25(31(24)19-6-4-3-5-7-19)35-15-22(32)28-27-14-17-12-20(26)23(33)21(13-17)34-2/h8-14,19,33H,3-7,15H2,1-2H3,(H,28,32)/b27-14+. The predicted octanol–water partition coefficient (Wildman–Crippen LogP) is 5.48. The number of carbonyl (C=O) groups is 1. The normalized spacial score (nSPS) is 14.4. The molecule has 0 unspecified atom stereocenters. The molecule has 0 bridgehead atoms. The van der Waals surface area contributed by atoms with Crippen LogP contribution in [-0.2, 0) is 4.79 Å². The van der Waals surface area contributed by atoms with E-state index in [4.69, 9.17) is 4.74 Å². The van der Waals surface area contributed by atoms with Crippen molar-refractivity contribution >= 4 is 39.8 Å². The minimum Gasteiger partial charge on any atom is -0.503 e. The van der Waals surface area contributed by atoms with E-state index in [1.165, 1.54) is 49.9 Å². The van der Waals surface area contributed by atoms with Gasteiger partial charge < -0.3 is 9.84 Å². The van der Waals surface area contributed by atoms with Crippen molar-refractivity contribution in [2.24, 2.45) is 5.10 Å². The number of hydrogen-bond acceptors (Lipinski definition) is 7. The van der Waals surface area contributed by atoms with Gasteiger partial charge in [0, 0.05) is 11.6 Å². The number of ether oxygens (including phenoxy) is 1. The van der Waals surface area contributed by atoms with Crippen LogP contribution in [0.15, 0.2) is 51.1 Å². The second-order valence-electron chi connectivity index (χ2n) is 8.47. The topological polar surface area (TPSA) is 102 Å². The van der Waals surface area contributed by atoms with Gasteiger partial charge in [-0.2, -0.15) is 5.10 Å². The van der Waals surface area contributed by atoms with Crippen LogP contribution in [0.25, 0.3) is 11.4 Å². The maximum Gasteiger partial charge on any atom is 0.250 e. The largest absolute Gasteiger partial charge is 0.503 e. The molecule has 35 heavy (non-hydrogen) atoms. The molecule has 0 spiro atoms. The summed E-state index contributed by atoms with van der Waals surface area (Å²) in [5.41, 5.74) is 5.45. The average molecular weight is 559 g/mol. The van der Waals surface area contributed by atoms with E-state index in [0.717, 1.165) is 29.4 Å². The summed E-state index contributed by atoms with van der Waals surface area (Å²) in [7, 11) is 1.47. The number of phenols is 1. The van der Waals surface area contributed by atoms with E-state index in [1.807, 2.05) is 0 Å². The first-order valence-electron chi connectivity index (χ1n) is 11.5. The molecule has 0 radical (unpaired) electrons. The highest BCUT2D eigenvalue weighted by Crippen LogP contribution is 2.36. The molecule has 1 aliphatic rings. The molecule has 1 heterocycles. The predicted molar refractivity (Wildman–Crippen MR) is 141 cm³/mol. The number of aromatic hydroxyl groups is 1. The molecule has 8 nitrogen and oxygen atoms in total. The Balaban J connectivity index is 1.44. The SMILES string of the molecule is COc1cc(/C=N/NC(=O)CSc2nnc(-c3ccc(C)cc3)n2C2CCCCC2)cc(Br)c1O. The number of hydrogen-bond donors (Lipinski definition) is 2. The Morgan fingerprint density at radius 3 is 2.71 bits per heavy atom. The zero-order valence-corrected chi connectivity index (χ0v) is 22.1. The second kappa shape index (κ2) is 11.7. The molecule has 0 saturated heterocycles. The van der Waals surface area contributed by atoms with Crippen molar-refractivity contribution in [1.82, 2.24) is 20.2 Å². The van der Waals surface area contributed by atoms with Crippen molar-refractivity contribution < 1.29 is 14.6 Å². The number of thioether (sulfide) groups is 1. The Morgan fingerprint density at radius 2 is 2.00 bits per heavy atom. The van der Waals surface area contributed by atoms with E-state index in [2.05, 4.69) is 72.4 Å². The second-order valence-corrected chi connectivity index (χ2v) is 10.3. The molecule has 3 aromatic rings. The number of phenolic OH excluding ortho intramolecular Hbond substituents is 1. The number of benzene rings is 2. The van der Waals surface area contributed by atoms with Gasteiger partial charge >= 0.3 is 0 Å². The molecule has 1 aliphatic carbocycles. The number of hydrazone groups is 1. The summed E-state index contributed by atoms with van der Waals surface area (Å²) in [5, 5.41) is 23.6. The molecule has 1 amide bonds. The lowest BCUT2D eigenvalue weighted by atomic mass is 9.95. The molecule has 2 N–H and O–H groups in total. The van der Waals surface area contributed by atoms with Crippen LogP contribution >= 0.6 is 27.7 Å². The third-order valence-corrected chi connectivity index (χ3v) is 7.47. The van der Waals surface area contributed by atoms with Crippen LogP contribution in [0.3, 0.4) is 0 Å². The van der Waals surface area contributed by atoms with Crippen molar-refractivity contribution in [3.63, 3.8) is 0 Å². The van der Waals surface area contributed by atoms with Crippen LogP contribution in [0, 0.1) is 6.92 Å². The van der Waals surface area contributed by atoms with Crippen LogP contribution in [0.2, 0.25) is 0 Å². The molecule has 10 heteroatoms. The van der Waals surface area contributed by atoms with Gasteiger partial charge in [-0.25, -0.2) is 5.43 Å². The maximum atomic E-state index is 12.5. The number of rotatable bonds is 8. The third kappa shape index (κ3) is 6.24. The molecule has 1 saturated carbocycles. The number of methoxy groups -OCH3 is 1. The van der Waals surface area contributed by atoms with Gasteiger partial charge in [0.05, 0.1) is 23.5 Å². The van der Waals surface area contributed by atoms with Crippen LogP contribution in [0.1, 0.15) is 49.3 Å². The van der Waals surface area contributed by atoms with Crippen molar-refractivity contribution in [3.05, 3.63) is 52.0 Å². The summed E-state index contributed by atoms with van der Waals surface area (Å²) >= 11 is 4.64. The first-order valence-corrected chi connectivity index (χ1v) is 13.3. The van der Waals surface area contributed by atoms with Crippen molar-refractivity contribution in [2.75, 3.05) is 12.9 Å². The molecular weight excluding hydrogens is 530 g/mol. The van der Waals surface area contributed by atoms with Gasteiger partial charge in [0.25, 0.3) is 5.91 Å². The van der Waals surface area contributed by atoms with E-state index in [-0.39, 0.29) is 17.4 Å². The minimum atomic E-state index is -0.244. The summed E-state index contributed by atoms with van der Waals surface area (Å²) in [6.45, 7) is 2.06. The summed E-state index contributed by atoms with van der Waals surface area (Å²) in [4.78, 5) is 12.5. The zero-order chi connectivity index (χ0) is 24.8. The van der Waals surface area contributed by atoms with E-state index in [9.17, 15) is 9.90 Å². The quantitative estimate of drug-likeness (QED) is 0.216. The first-order chi connectivity index (χ1) is 17.0. The summed E-state index contributed by atoms with van der Waals surface area (Å²) < 4.78 is 7.83. The summed E-state index contributed by atoms with van der Waals surface area (Å²) in [6, 6.07) is 12.0. The zero-order valence-electron chi connectivity index (χ0n) is 19.7. The van der Waals surface area contributed by atoms with Crippen LogP contribution in [0.5, 0.6) is 11.5 Å². The van der Waals surface area contributed by atoms with Crippen LogP contribution in [-0.4, -0.2) is 44.9 Å². The first kappa shape index (κ1) is 25.2. The maximum absolute atomic E-state index is 12.5. The van der Waals surface area contributed by atoms with E-state index >= 15 is 0 Å². The lowest BCUT2D eigenvalue weighted by Gasteiger charge is -2.25. The molecule has 4 rings (SSSR count). The van der Waals surface area contributed by atoms with Gasteiger partial charge in [0.15, 0.2) is 22.5 Å². The number of halogens is 1. The smallest absolute Gasteiger partial charge is 0.250 e. The van der Waals surface area contributed by atoms with Gasteiger partial charge in [-0.05, 0) is 53.4 Å². The highest BCUT2D eigenvalue weighted by atomic mass is 79.9. The Labute approximate surface area is 217 Å². The Morgan fingerprint density at radius 1 is 1.26 bits per heavy atom. The number of aryl methyl sites for hydroxylation is 1. The number of carbonyl (C=O) groups excluding carboxylic acids is 1. The van der Waals surface area contributed by atoms with E-state index in [0.29, 0.717) is 21.8 Å². The molecule has 0 aliphatic heterocycles. The fraction of sp³-hybridized carbons (Fsp3) is 0.360. The highest BCUT2D eigenvalue weighted by molar-refractivity contribution is 9.10. The van der Waals surface area contributed by atoms with Gasteiger partial charge in [0.2, 0.25) is 0 Å². The van der Waals surface area contributed by atoms with Crippen molar-refractivity contribution in [2.45, 2.75) is 50.2 Å². The fourth-order valence-electron chi connectivity index (χ4n) is 4.11. The van der Waals surface area contributed by atoms with E-state index < -0.39 is 0 Å². The number of nitrogens with zero attached hydrogens (tertiary/aromatic N) is 4. The van der Waals surface area contributed by atoms with Gasteiger partial charge in [-0.3, -0.25) is 9.36 Å². The number of amides is 1. The number of aromatic nitrogens is 3.